The van der Waals surface area contributed by atoms with Gasteiger partial charge in [0, 0.05) is 19.0 Å². The standard InChI is InChI=1S/C12H22N4O/c1-4-16-7-5-12(13,6-8-16)11-14-10(9(2)3)17-15-11/h9H,4-8,13H2,1-3H3. The summed E-state index contributed by atoms with van der Waals surface area (Å²) in [5, 5.41) is 4.05. The molecule has 0 unspecified atom stereocenters. The summed E-state index contributed by atoms with van der Waals surface area (Å²) in [6, 6.07) is 0. The van der Waals surface area contributed by atoms with Crippen LogP contribution >= 0.6 is 0 Å². The van der Waals surface area contributed by atoms with E-state index in [9.17, 15) is 0 Å². The molecule has 5 heteroatoms. The van der Waals surface area contributed by atoms with Gasteiger partial charge in [0.25, 0.3) is 0 Å². The van der Waals surface area contributed by atoms with Crippen molar-refractivity contribution in [3.8, 4) is 0 Å². The van der Waals surface area contributed by atoms with E-state index in [1.165, 1.54) is 0 Å². The van der Waals surface area contributed by atoms with Gasteiger partial charge in [0.2, 0.25) is 5.89 Å². The second-order valence-corrected chi connectivity index (χ2v) is 5.20. The van der Waals surface area contributed by atoms with E-state index in [-0.39, 0.29) is 5.92 Å². The molecule has 0 aromatic carbocycles. The summed E-state index contributed by atoms with van der Waals surface area (Å²) in [6.07, 6.45) is 1.80. The van der Waals surface area contributed by atoms with E-state index in [1.807, 2.05) is 13.8 Å². The first-order valence-electron chi connectivity index (χ1n) is 6.40. The predicted molar refractivity (Wildman–Crippen MR) is 65.6 cm³/mol. The van der Waals surface area contributed by atoms with E-state index in [0.717, 1.165) is 32.5 Å². The summed E-state index contributed by atoms with van der Waals surface area (Å²) in [7, 11) is 0. The topological polar surface area (TPSA) is 68.2 Å². The fraction of sp³-hybridized carbons (Fsp3) is 0.833. The summed E-state index contributed by atoms with van der Waals surface area (Å²) in [6.45, 7) is 9.37. The van der Waals surface area contributed by atoms with Crippen LogP contribution in [0.15, 0.2) is 4.52 Å². The van der Waals surface area contributed by atoms with Crippen molar-refractivity contribution in [1.29, 1.82) is 0 Å². The number of nitrogens with two attached hydrogens (primary N) is 1. The minimum Gasteiger partial charge on any atom is -0.339 e. The Morgan fingerprint density at radius 1 is 1.41 bits per heavy atom. The Balaban J connectivity index is 2.10. The molecule has 2 rings (SSSR count). The number of likely N-dealkylation sites (tertiary alicyclic amines) is 1. The third-order valence-electron chi connectivity index (χ3n) is 3.58. The Hall–Kier alpha value is -0.940. The maximum absolute atomic E-state index is 6.40. The van der Waals surface area contributed by atoms with Gasteiger partial charge in [-0.05, 0) is 19.4 Å². The van der Waals surface area contributed by atoms with Gasteiger partial charge in [-0.3, -0.25) is 0 Å². The van der Waals surface area contributed by atoms with Gasteiger partial charge < -0.3 is 15.2 Å². The number of hydrogen-bond donors (Lipinski definition) is 1. The van der Waals surface area contributed by atoms with Crippen molar-refractivity contribution < 1.29 is 4.52 Å². The van der Waals surface area contributed by atoms with Gasteiger partial charge in [0.15, 0.2) is 5.82 Å². The highest BCUT2D eigenvalue weighted by molar-refractivity contribution is 5.07. The molecule has 1 aromatic rings. The van der Waals surface area contributed by atoms with Crippen LogP contribution in [0, 0.1) is 0 Å². The monoisotopic (exact) mass is 238 g/mol. The highest BCUT2D eigenvalue weighted by atomic mass is 16.5. The molecule has 17 heavy (non-hydrogen) atoms. The van der Waals surface area contributed by atoms with Gasteiger partial charge in [0.1, 0.15) is 0 Å². The molecule has 0 radical (unpaired) electrons. The molecule has 0 bridgehead atoms. The van der Waals surface area contributed by atoms with Crippen LogP contribution in [0.4, 0.5) is 0 Å². The van der Waals surface area contributed by atoms with Crippen molar-refractivity contribution in [1.82, 2.24) is 15.0 Å². The third kappa shape index (κ3) is 2.50. The van der Waals surface area contributed by atoms with Gasteiger partial charge in [-0.25, -0.2) is 0 Å². The number of aromatic nitrogens is 2. The Morgan fingerprint density at radius 2 is 2.06 bits per heavy atom. The van der Waals surface area contributed by atoms with E-state index in [2.05, 4.69) is 22.0 Å². The highest BCUT2D eigenvalue weighted by Crippen LogP contribution is 2.29. The summed E-state index contributed by atoms with van der Waals surface area (Å²) in [4.78, 5) is 6.83. The quantitative estimate of drug-likeness (QED) is 0.863. The second-order valence-electron chi connectivity index (χ2n) is 5.20. The van der Waals surface area contributed by atoms with E-state index < -0.39 is 5.54 Å². The van der Waals surface area contributed by atoms with Crippen molar-refractivity contribution in [2.24, 2.45) is 5.73 Å². The molecule has 0 saturated carbocycles. The smallest absolute Gasteiger partial charge is 0.229 e. The maximum Gasteiger partial charge on any atom is 0.229 e. The van der Waals surface area contributed by atoms with Crippen molar-refractivity contribution in [2.45, 2.75) is 45.1 Å². The molecule has 1 fully saturated rings. The van der Waals surface area contributed by atoms with Crippen molar-refractivity contribution in [3.05, 3.63) is 11.7 Å². The number of rotatable bonds is 3. The fourth-order valence-corrected chi connectivity index (χ4v) is 2.16. The van der Waals surface area contributed by atoms with E-state index >= 15 is 0 Å². The first kappa shape index (κ1) is 12.5. The molecular weight excluding hydrogens is 216 g/mol. The Morgan fingerprint density at radius 3 is 2.53 bits per heavy atom. The summed E-state index contributed by atoms with van der Waals surface area (Å²) in [5.74, 6) is 1.62. The van der Waals surface area contributed by atoms with Crippen LogP contribution in [-0.4, -0.2) is 34.7 Å². The lowest BCUT2D eigenvalue weighted by atomic mass is 9.88. The molecule has 0 spiro atoms. The number of hydrogen-bond acceptors (Lipinski definition) is 5. The van der Waals surface area contributed by atoms with Crippen molar-refractivity contribution >= 4 is 0 Å². The first-order chi connectivity index (χ1) is 8.05. The zero-order chi connectivity index (χ0) is 12.5. The largest absolute Gasteiger partial charge is 0.339 e. The predicted octanol–water partition coefficient (Wildman–Crippen LogP) is 1.46. The number of nitrogens with zero attached hydrogens (tertiary/aromatic N) is 3. The van der Waals surface area contributed by atoms with Gasteiger partial charge >= 0.3 is 0 Å². The lowest BCUT2D eigenvalue weighted by Crippen LogP contribution is -2.48. The van der Waals surface area contributed by atoms with Gasteiger partial charge in [0.05, 0.1) is 5.54 Å². The summed E-state index contributed by atoms with van der Waals surface area (Å²) >= 11 is 0. The molecule has 1 saturated heterocycles. The molecule has 2 N–H and O–H groups in total. The van der Waals surface area contributed by atoms with Crippen molar-refractivity contribution in [2.75, 3.05) is 19.6 Å². The van der Waals surface area contributed by atoms with Crippen LogP contribution in [0.2, 0.25) is 0 Å². The molecule has 96 valence electrons. The SMILES string of the molecule is CCN1CCC(N)(c2noc(C(C)C)n2)CC1. The third-order valence-corrected chi connectivity index (χ3v) is 3.58. The molecular formula is C12H22N4O. The molecule has 1 aliphatic rings. The van der Waals surface area contributed by atoms with Crippen LogP contribution in [0.1, 0.15) is 51.2 Å². The average Bonchev–Trinajstić information content (AvgIpc) is 2.80. The minimum atomic E-state index is -0.400. The minimum absolute atomic E-state index is 0.260. The first-order valence-corrected chi connectivity index (χ1v) is 6.40. The molecule has 5 nitrogen and oxygen atoms in total. The van der Waals surface area contributed by atoms with E-state index in [0.29, 0.717) is 11.7 Å². The van der Waals surface area contributed by atoms with Crippen LogP contribution in [0.5, 0.6) is 0 Å². The fourth-order valence-electron chi connectivity index (χ4n) is 2.16. The number of piperidine rings is 1. The molecule has 0 amide bonds. The van der Waals surface area contributed by atoms with Crippen LogP contribution in [0.25, 0.3) is 0 Å². The molecule has 0 atom stereocenters. The van der Waals surface area contributed by atoms with E-state index in [1.54, 1.807) is 0 Å². The van der Waals surface area contributed by atoms with Gasteiger partial charge in [-0.1, -0.05) is 25.9 Å². The molecule has 0 aliphatic carbocycles. The molecule has 2 heterocycles. The zero-order valence-corrected chi connectivity index (χ0v) is 10.9. The highest BCUT2D eigenvalue weighted by Gasteiger charge is 2.36. The molecule has 1 aliphatic heterocycles. The normalized spacial score (nSPS) is 21.0. The van der Waals surface area contributed by atoms with Crippen LogP contribution in [0.3, 0.4) is 0 Å². The van der Waals surface area contributed by atoms with Crippen LogP contribution in [-0.2, 0) is 5.54 Å². The Labute approximate surface area is 102 Å². The lowest BCUT2D eigenvalue weighted by molar-refractivity contribution is 0.160. The lowest BCUT2D eigenvalue weighted by Gasteiger charge is -2.36. The molecule has 1 aromatic heterocycles. The van der Waals surface area contributed by atoms with Crippen molar-refractivity contribution in [3.63, 3.8) is 0 Å². The maximum atomic E-state index is 6.40. The van der Waals surface area contributed by atoms with Gasteiger partial charge in [-0.2, -0.15) is 4.98 Å². The Kier molecular flexibility index (Phi) is 3.49. The van der Waals surface area contributed by atoms with Gasteiger partial charge in [-0.15, -0.1) is 0 Å². The van der Waals surface area contributed by atoms with Crippen LogP contribution < -0.4 is 5.73 Å². The summed E-state index contributed by atoms with van der Waals surface area (Å²) in [5.41, 5.74) is 6.00. The summed E-state index contributed by atoms with van der Waals surface area (Å²) < 4.78 is 5.24. The Bertz CT molecular complexity index is 366. The zero-order valence-electron chi connectivity index (χ0n) is 10.9. The average molecular weight is 238 g/mol. The van der Waals surface area contributed by atoms with E-state index in [4.69, 9.17) is 10.3 Å². The second kappa shape index (κ2) is 4.74.